The minimum absolute atomic E-state index is 0.0407. The van der Waals surface area contributed by atoms with Gasteiger partial charge in [0.25, 0.3) is 5.91 Å². The van der Waals surface area contributed by atoms with Gasteiger partial charge in [-0.05, 0) is 34.7 Å². The Kier molecular flexibility index (Phi) is 4.13. The van der Waals surface area contributed by atoms with Gasteiger partial charge in [0, 0.05) is 25.1 Å². The van der Waals surface area contributed by atoms with Crippen molar-refractivity contribution >= 4 is 5.91 Å². The molecule has 0 radical (unpaired) electrons. The summed E-state index contributed by atoms with van der Waals surface area (Å²) in [5, 5.41) is 2.84. The van der Waals surface area contributed by atoms with Gasteiger partial charge in [0.2, 0.25) is 0 Å². The van der Waals surface area contributed by atoms with Crippen molar-refractivity contribution < 1.29 is 4.79 Å². The zero-order valence-corrected chi connectivity index (χ0v) is 12.1. The number of carbonyl (C=O) groups excluding carboxylic acids is 1. The van der Waals surface area contributed by atoms with Crippen LogP contribution in [-0.4, -0.2) is 15.9 Å². The van der Waals surface area contributed by atoms with Crippen molar-refractivity contribution in [2.75, 3.05) is 0 Å². The van der Waals surface area contributed by atoms with Gasteiger partial charge in [-0.2, -0.15) is 0 Å². The Morgan fingerprint density at radius 1 is 1.15 bits per heavy atom. The Bertz CT molecular complexity index is 571. The maximum absolute atomic E-state index is 12.0. The molecule has 0 aliphatic rings. The molecule has 0 bridgehead atoms. The molecule has 2 aromatic heterocycles. The third-order valence-electron chi connectivity index (χ3n) is 3.06. The third-order valence-corrected chi connectivity index (χ3v) is 3.06. The van der Waals surface area contributed by atoms with E-state index in [1.165, 1.54) is 0 Å². The van der Waals surface area contributed by atoms with Gasteiger partial charge in [0.15, 0.2) is 0 Å². The molecule has 2 rings (SSSR count). The van der Waals surface area contributed by atoms with Crippen molar-refractivity contribution in [2.24, 2.45) is 0 Å². The molecule has 0 saturated carbocycles. The highest BCUT2D eigenvalue weighted by molar-refractivity contribution is 5.92. The summed E-state index contributed by atoms with van der Waals surface area (Å²) >= 11 is 0. The number of hydrogen-bond acceptors (Lipinski definition) is 3. The van der Waals surface area contributed by atoms with Crippen molar-refractivity contribution in [2.45, 2.75) is 32.7 Å². The summed E-state index contributed by atoms with van der Waals surface area (Å²) < 4.78 is 0. The van der Waals surface area contributed by atoms with Crippen LogP contribution in [0.1, 0.15) is 42.4 Å². The highest BCUT2D eigenvalue weighted by Gasteiger charge is 2.15. The van der Waals surface area contributed by atoms with E-state index in [0.29, 0.717) is 12.2 Å². The molecule has 0 aliphatic heterocycles. The van der Waals surface area contributed by atoms with Crippen LogP contribution in [0.2, 0.25) is 0 Å². The largest absolute Gasteiger partial charge is 0.347 e. The molecule has 0 saturated heterocycles. The highest BCUT2D eigenvalue weighted by Crippen LogP contribution is 2.20. The lowest BCUT2D eigenvalue weighted by Gasteiger charge is -2.18. The highest BCUT2D eigenvalue weighted by atomic mass is 16.1. The molecule has 4 heteroatoms. The Hall–Kier alpha value is -2.23. The van der Waals surface area contributed by atoms with Gasteiger partial charge >= 0.3 is 0 Å². The Morgan fingerprint density at radius 2 is 1.85 bits per heavy atom. The minimum atomic E-state index is -0.165. The first kappa shape index (κ1) is 14.2. The maximum atomic E-state index is 12.0. The molecule has 20 heavy (non-hydrogen) atoms. The Morgan fingerprint density at radius 3 is 2.40 bits per heavy atom. The van der Waals surface area contributed by atoms with E-state index < -0.39 is 0 Å². The summed E-state index contributed by atoms with van der Waals surface area (Å²) in [4.78, 5) is 20.2. The number of nitrogens with zero attached hydrogens (tertiary/aromatic N) is 2. The number of nitrogens with one attached hydrogen (secondary N) is 1. The fourth-order valence-corrected chi connectivity index (χ4v) is 1.75. The predicted molar refractivity (Wildman–Crippen MR) is 78.3 cm³/mol. The van der Waals surface area contributed by atoms with Crippen LogP contribution in [0.3, 0.4) is 0 Å². The van der Waals surface area contributed by atoms with E-state index in [1.807, 2.05) is 18.2 Å². The molecule has 0 fully saturated rings. The zero-order chi connectivity index (χ0) is 14.6. The summed E-state index contributed by atoms with van der Waals surface area (Å²) in [6.45, 7) is 6.83. The summed E-state index contributed by atoms with van der Waals surface area (Å²) in [5.74, 6) is -0.165. The summed E-state index contributed by atoms with van der Waals surface area (Å²) in [6.07, 6.45) is 5.18. The lowest BCUT2D eigenvalue weighted by molar-refractivity contribution is 0.0946. The van der Waals surface area contributed by atoms with E-state index in [9.17, 15) is 4.79 Å². The number of carbonyl (C=O) groups is 1. The summed E-state index contributed by atoms with van der Waals surface area (Å²) in [5.41, 5.74) is 2.61. The van der Waals surface area contributed by atoms with Crippen LogP contribution in [-0.2, 0) is 12.0 Å². The number of pyridine rings is 2. The average Bonchev–Trinajstić information content (AvgIpc) is 2.45. The first-order valence-electron chi connectivity index (χ1n) is 6.60. The van der Waals surface area contributed by atoms with Crippen molar-refractivity contribution in [1.29, 1.82) is 0 Å². The molecular weight excluding hydrogens is 250 g/mol. The quantitative estimate of drug-likeness (QED) is 0.932. The third kappa shape index (κ3) is 3.63. The predicted octanol–water partition coefficient (Wildman–Crippen LogP) is 2.70. The lowest BCUT2D eigenvalue weighted by atomic mass is 9.88. The molecule has 0 spiro atoms. The van der Waals surface area contributed by atoms with Crippen molar-refractivity contribution in [1.82, 2.24) is 15.3 Å². The van der Waals surface area contributed by atoms with Gasteiger partial charge in [0.1, 0.15) is 5.69 Å². The number of aromatic nitrogens is 2. The minimum Gasteiger partial charge on any atom is -0.347 e. The van der Waals surface area contributed by atoms with Crippen LogP contribution >= 0.6 is 0 Å². The van der Waals surface area contributed by atoms with Crippen LogP contribution in [0, 0.1) is 0 Å². The van der Waals surface area contributed by atoms with Crippen LogP contribution < -0.4 is 5.32 Å². The second kappa shape index (κ2) is 5.82. The molecule has 4 nitrogen and oxygen atoms in total. The van der Waals surface area contributed by atoms with Crippen molar-refractivity contribution in [3.05, 3.63) is 59.7 Å². The zero-order valence-electron chi connectivity index (χ0n) is 12.1. The van der Waals surface area contributed by atoms with Gasteiger partial charge < -0.3 is 5.32 Å². The normalized spacial score (nSPS) is 11.2. The number of rotatable bonds is 3. The molecule has 2 aromatic rings. The molecule has 2 heterocycles. The van der Waals surface area contributed by atoms with Crippen molar-refractivity contribution in [3.8, 4) is 0 Å². The van der Waals surface area contributed by atoms with E-state index in [0.717, 1.165) is 11.1 Å². The van der Waals surface area contributed by atoms with Gasteiger partial charge in [-0.25, -0.2) is 0 Å². The monoisotopic (exact) mass is 269 g/mol. The SMILES string of the molecule is CC(C)(C)c1ccc(C(=O)NCc2ccncc2)nc1. The first-order chi connectivity index (χ1) is 9.47. The second-order valence-corrected chi connectivity index (χ2v) is 5.72. The number of hydrogen-bond donors (Lipinski definition) is 1. The van der Waals surface area contributed by atoms with Gasteiger partial charge in [-0.1, -0.05) is 26.8 Å². The molecule has 0 unspecified atom stereocenters. The fraction of sp³-hybridized carbons (Fsp3) is 0.312. The molecular formula is C16H19N3O. The van der Waals surface area contributed by atoms with Gasteiger partial charge in [-0.15, -0.1) is 0 Å². The Labute approximate surface area is 119 Å². The molecule has 1 N–H and O–H groups in total. The average molecular weight is 269 g/mol. The first-order valence-corrected chi connectivity index (χ1v) is 6.60. The summed E-state index contributed by atoms with van der Waals surface area (Å²) in [6, 6.07) is 7.46. The molecule has 1 amide bonds. The van der Waals surface area contributed by atoms with Crippen LogP contribution in [0.25, 0.3) is 0 Å². The molecule has 104 valence electrons. The van der Waals surface area contributed by atoms with E-state index >= 15 is 0 Å². The van der Waals surface area contributed by atoms with Crippen LogP contribution in [0.4, 0.5) is 0 Å². The standard InChI is InChI=1S/C16H19N3O/c1-16(2,3)13-4-5-14(18-11-13)15(20)19-10-12-6-8-17-9-7-12/h4-9,11H,10H2,1-3H3,(H,19,20). The van der Waals surface area contributed by atoms with E-state index in [2.05, 4.69) is 36.1 Å². The smallest absolute Gasteiger partial charge is 0.270 e. The van der Waals surface area contributed by atoms with Gasteiger partial charge in [0.05, 0.1) is 0 Å². The van der Waals surface area contributed by atoms with E-state index in [4.69, 9.17) is 0 Å². The van der Waals surface area contributed by atoms with E-state index in [1.54, 1.807) is 24.7 Å². The molecule has 0 atom stereocenters. The fourth-order valence-electron chi connectivity index (χ4n) is 1.75. The summed E-state index contributed by atoms with van der Waals surface area (Å²) in [7, 11) is 0. The number of amides is 1. The van der Waals surface area contributed by atoms with Crippen LogP contribution in [0.5, 0.6) is 0 Å². The van der Waals surface area contributed by atoms with Crippen LogP contribution in [0.15, 0.2) is 42.9 Å². The second-order valence-electron chi connectivity index (χ2n) is 5.72. The van der Waals surface area contributed by atoms with E-state index in [-0.39, 0.29) is 11.3 Å². The molecule has 0 aromatic carbocycles. The molecule has 0 aliphatic carbocycles. The lowest BCUT2D eigenvalue weighted by Crippen LogP contribution is -2.24. The van der Waals surface area contributed by atoms with Crippen molar-refractivity contribution in [3.63, 3.8) is 0 Å². The maximum Gasteiger partial charge on any atom is 0.270 e. The van der Waals surface area contributed by atoms with Gasteiger partial charge in [-0.3, -0.25) is 14.8 Å². The topological polar surface area (TPSA) is 54.9 Å². The Balaban J connectivity index is 1.99.